The summed E-state index contributed by atoms with van der Waals surface area (Å²) in [6.07, 6.45) is 1.42. The Hall–Kier alpha value is -0.770. The lowest BCUT2D eigenvalue weighted by Gasteiger charge is -2.22. The van der Waals surface area contributed by atoms with E-state index in [4.69, 9.17) is 10.5 Å². The van der Waals surface area contributed by atoms with Crippen molar-refractivity contribution in [2.24, 2.45) is 11.7 Å². The van der Waals surface area contributed by atoms with E-state index >= 15 is 0 Å². The van der Waals surface area contributed by atoms with E-state index in [9.17, 15) is 4.79 Å². The van der Waals surface area contributed by atoms with Crippen molar-refractivity contribution in [3.05, 3.63) is 0 Å². The number of alkyl carbamates (subject to hydrolysis) is 1. The SMILES string of the molecule is CCC1CC1(N)NC(=O)OC(C)(C)C. The van der Waals surface area contributed by atoms with E-state index < -0.39 is 17.4 Å². The van der Waals surface area contributed by atoms with Crippen LogP contribution in [0.1, 0.15) is 40.5 Å². The maximum atomic E-state index is 11.4. The Bertz CT molecular complexity index is 235. The molecule has 1 aliphatic rings. The van der Waals surface area contributed by atoms with Crippen molar-refractivity contribution in [1.29, 1.82) is 0 Å². The van der Waals surface area contributed by atoms with E-state index in [2.05, 4.69) is 12.2 Å². The Balaban J connectivity index is 2.36. The van der Waals surface area contributed by atoms with Crippen molar-refractivity contribution in [2.75, 3.05) is 0 Å². The topological polar surface area (TPSA) is 64.3 Å². The number of hydrogen-bond donors (Lipinski definition) is 2. The van der Waals surface area contributed by atoms with Crippen LogP contribution in [0.3, 0.4) is 0 Å². The third-order valence-corrected chi connectivity index (χ3v) is 2.38. The molecule has 2 unspecified atom stereocenters. The maximum Gasteiger partial charge on any atom is 0.409 e. The fraction of sp³-hybridized carbons (Fsp3) is 0.900. The summed E-state index contributed by atoms with van der Waals surface area (Å²) < 4.78 is 5.12. The van der Waals surface area contributed by atoms with Crippen molar-refractivity contribution in [1.82, 2.24) is 5.32 Å². The highest BCUT2D eigenvalue weighted by Gasteiger charge is 2.51. The molecule has 1 aliphatic carbocycles. The minimum atomic E-state index is -0.517. The van der Waals surface area contributed by atoms with E-state index in [1.165, 1.54) is 0 Å². The predicted octanol–water partition coefficient (Wildman–Crippen LogP) is 1.60. The predicted molar refractivity (Wildman–Crippen MR) is 54.7 cm³/mol. The molecule has 82 valence electrons. The van der Waals surface area contributed by atoms with Crippen LogP contribution >= 0.6 is 0 Å². The summed E-state index contributed by atoms with van der Waals surface area (Å²) in [5.41, 5.74) is 4.93. The van der Waals surface area contributed by atoms with Crippen molar-refractivity contribution < 1.29 is 9.53 Å². The van der Waals surface area contributed by atoms with Crippen LogP contribution in [-0.2, 0) is 4.74 Å². The first-order valence-corrected chi connectivity index (χ1v) is 5.07. The first kappa shape index (κ1) is 11.3. The van der Waals surface area contributed by atoms with Gasteiger partial charge in [0.05, 0.1) is 5.66 Å². The van der Waals surface area contributed by atoms with Crippen LogP contribution in [-0.4, -0.2) is 17.4 Å². The van der Waals surface area contributed by atoms with Gasteiger partial charge in [0.15, 0.2) is 0 Å². The number of ether oxygens (including phenoxy) is 1. The molecule has 0 heterocycles. The van der Waals surface area contributed by atoms with Crippen LogP contribution in [0.2, 0.25) is 0 Å². The van der Waals surface area contributed by atoms with E-state index in [-0.39, 0.29) is 0 Å². The molecule has 2 atom stereocenters. The zero-order valence-electron chi connectivity index (χ0n) is 9.39. The number of carbonyl (C=O) groups is 1. The standard InChI is InChI=1S/C10H20N2O2/c1-5-7-6-10(7,11)12-8(13)14-9(2,3)4/h7H,5-6,11H2,1-4H3,(H,12,13). The van der Waals surface area contributed by atoms with Gasteiger partial charge in [0.25, 0.3) is 0 Å². The lowest BCUT2D eigenvalue weighted by atomic mass is 10.2. The quantitative estimate of drug-likeness (QED) is 0.665. The van der Waals surface area contributed by atoms with Gasteiger partial charge in [-0.25, -0.2) is 4.79 Å². The number of carbonyl (C=O) groups excluding carboxylic acids is 1. The maximum absolute atomic E-state index is 11.4. The van der Waals surface area contributed by atoms with Crippen LogP contribution in [0.4, 0.5) is 4.79 Å². The van der Waals surface area contributed by atoms with E-state index in [1.54, 1.807) is 0 Å². The van der Waals surface area contributed by atoms with Crippen LogP contribution in [0.15, 0.2) is 0 Å². The van der Waals surface area contributed by atoms with Crippen LogP contribution in [0.5, 0.6) is 0 Å². The third kappa shape index (κ3) is 2.87. The van der Waals surface area contributed by atoms with E-state index in [0.29, 0.717) is 5.92 Å². The first-order valence-electron chi connectivity index (χ1n) is 5.07. The lowest BCUT2D eigenvalue weighted by Crippen LogP contribution is -2.47. The molecule has 0 radical (unpaired) electrons. The number of nitrogens with one attached hydrogen (secondary N) is 1. The number of amides is 1. The van der Waals surface area contributed by atoms with Gasteiger partial charge in [-0.2, -0.15) is 0 Å². The van der Waals surface area contributed by atoms with Crippen molar-refractivity contribution in [3.63, 3.8) is 0 Å². The molecule has 0 aromatic carbocycles. The zero-order chi connectivity index (χ0) is 11.0. The Labute approximate surface area is 85.2 Å². The Kier molecular flexibility index (Phi) is 2.76. The molecule has 0 aliphatic heterocycles. The molecule has 0 saturated heterocycles. The fourth-order valence-corrected chi connectivity index (χ4v) is 1.50. The highest BCUT2D eigenvalue weighted by Crippen LogP contribution is 2.40. The molecular weight excluding hydrogens is 180 g/mol. The molecule has 1 rings (SSSR count). The highest BCUT2D eigenvalue weighted by molar-refractivity contribution is 5.69. The Morgan fingerprint density at radius 2 is 2.21 bits per heavy atom. The molecule has 1 saturated carbocycles. The number of nitrogens with two attached hydrogens (primary N) is 1. The van der Waals surface area contributed by atoms with Crippen molar-refractivity contribution >= 4 is 6.09 Å². The van der Waals surface area contributed by atoms with Gasteiger partial charge < -0.3 is 15.8 Å². The normalized spacial score (nSPS) is 31.1. The first-order chi connectivity index (χ1) is 6.27. The molecule has 0 spiro atoms. The van der Waals surface area contributed by atoms with Crippen LogP contribution in [0, 0.1) is 5.92 Å². The summed E-state index contributed by atoms with van der Waals surface area (Å²) in [6.45, 7) is 7.57. The number of hydrogen-bond acceptors (Lipinski definition) is 3. The van der Waals surface area contributed by atoms with Gasteiger partial charge in [0.2, 0.25) is 0 Å². The molecule has 0 bridgehead atoms. The summed E-state index contributed by atoms with van der Waals surface area (Å²) in [6, 6.07) is 0. The summed E-state index contributed by atoms with van der Waals surface area (Å²) in [5, 5.41) is 2.70. The smallest absolute Gasteiger partial charge is 0.409 e. The van der Waals surface area contributed by atoms with E-state index in [0.717, 1.165) is 12.8 Å². The molecule has 1 fully saturated rings. The molecular formula is C10H20N2O2. The second-order valence-electron chi connectivity index (χ2n) is 4.98. The van der Waals surface area contributed by atoms with Gasteiger partial charge in [0.1, 0.15) is 5.60 Å². The van der Waals surface area contributed by atoms with Crippen LogP contribution < -0.4 is 11.1 Å². The monoisotopic (exact) mass is 200 g/mol. The fourth-order valence-electron chi connectivity index (χ4n) is 1.50. The van der Waals surface area contributed by atoms with Gasteiger partial charge in [0, 0.05) is 0 Å². The van der Waals surface area contributed by atoms with Gasteiger partial charge >= 0.3 is 6.09 Å². The van der Waals surface area contributed by atoms with Gasteiger partial charge in [-0.05, 0) is 39.5 Å². The molecule has 4 nitrogen and oxygen atoms in total. The third-order valence-electron chi connectivity index (χ3n) is 2.38. The van der Waals surface area contributed by atoms with E-state index in [1.807, 2.05) is 20.8 Å². The van der Waals surface area contributed by atoms with Crippen molar-refractivity contribution in [3.8, 4) is 0 Å². The average Bonchev–Trinajstić information content (AvgIpc) is 2.56. The molecule has 0 aromatic rings. The lowest BCUT2D eigenvalue weighted by molar-refractivity contribution is 0.0493. The summed E-state index contributed by atoms with van der Waals surface area (Å²) in [4.78, 5) is 11.4. The molecule has 3 N–H and O–H groups in total. The van der Waals surface area contributed by atoms with Gasteiger partial charge in [-0.15, -0.1) is 0 Å². The number of rotatable bonds is 2. The van der Waals surface area contributed by atoms with Gasteiger partial charge in [-0.1, -0.05) is 6.92 Å². The Morgan fingerprint density at radius 3 is 2.57 bits per heavy atom. The minimum absolute atomic E-state index is 0.398. The molecule has 14 heavy (non-hydrogen) atoms. The van der Waals surface area contributed by atoms with Gasteiger partial charge in [-0.3, -0.25) is 0 Å². The largest absolute Gasteiger partial charge is 0.444 e. The van der Waals surface area contributed by atoms with Crippen molar-refractivity contribution in [2.45, 2.75) is 51.8 Å². The summed E-state index contributed by atoms with van der Waals surface area (Å²) in [7, 11) is 0. The molecule has 1 amide bonds. The Morgan fingerprint density at radius 1 is 1.64 bits per heavy atom. The zero-order valence-corrected chi connectivity index (χ0v) is 9.39. The summed E-state index contributed by atoms with van der Waals surface area (Å²) >= 11 is 0. The van der Waals surface area contributed by atoms with Crippen LogP contribution in [0.25, 0.3) is 0 Å². The molecule has 4 heteroatoms. The molecule has 0 aromatic heterocycles. The minimum Gasteiger partial charge on any atom is -0.444 e. The second-order valence-corrected chi connectivity index (χ2v) is 4.98. The average molecular weight is 200 g/mol. The highest BCUT2D eigenvalue weighted by atomic mass is 16.6. The second kappa shape index (κ2) is 3.42. The summed E-state index contributed by atoms with van der Waals surface area (Å²) in [5.74, 6) is 0.398.